The number of hydrogen-bond acceptors (Lipinski definition) is 6. The zero-order valence-corrected chi connectivity index (χ0v) is 13.8. The average Bonchev–Trinajstić information content (AvgIpc) is 2.61. The number of ether oxygens (including phenoxy) is 1. The number of sulfone groups is 1. The van der Waals surface area contributed by atoms with Crippen LogP contribution in [0.3, 0.4) is 0 Å². The van der Waals surface area contributed by atoms with E-state index in [0.717, 1.165) is 0 Å². The first kappa shape index (κ1) is 17.8. The van der Waals surface area contributed by atoms with E-state index in [9.17, 15) is 18.0 Å². The van der Waals surface area contributed by atoms with Crippen molar-refractivity contribution in [3.8, 4) is 0 Å². The Balaban J connectivity index is 2.65. The molecule has 126 valence electrons. The van der Waals surface area contributed by atoms with Gasteiger partial charge in [-0.15, -0.1) is 0 Å². The van der Waals surface area contributed by atoms with Crippen molar-refractivity contribution in [2.24, 2.45) is 5.73 Å². The molecule has 1 atom stereocenters. The van der Waals surface area contributed by atoms with Crippen molar-refractivity contribution >= 4 is 21.6 Å². The van der Waals surface area contributed by atoms with Gasteiger partial charge in [-0.3, -0.25) is 10.5 Å². The highest BCUT2D eigenvalue weighted by molar-refractivity contribution is 7.94. The minimum Gasteiger partial charge on any atom is -0.463 e. The lowest BCUT2D eigenvalue weighted by Crippen LogP contribution is -2.61. The largest absolute Gasteiger partial charge is 0.463 e. The van der Waals surface area contributed by atoms with Crippen LogP contribution >= 0.6 is 0 Å². The molecule has 0 radical (unpaired) electrons. The fourth-order valence-corrected chi connectivity index (χ4v) is 3.68. The molecule has 0 spiro atoms. The number of nitrogens with two attached hydrogens (primary N) is 1. The number of hydrogen-bond donors (Lipinski definition) is 1. The van der Waals surface area contributed by atoms with Gasteiger partial charge < -0.3 is 4.74 Å². The van der Waals surface area contributed by atoms with Gasteiger partial charge in [0.2, 0.25) is 15.6 Å². The van der Waals surface area contributed by atoms with Gasteiger partial charge in [0, 0.05) is 5.56 Å². The summed E-state index contributed by atoms with van der Waals surface area (Å²) in [7, 11) is -4.52. The lowest BCUT2D eigenvalue weighted by Gasteiger charge is -2.25. The van der Waals surface area contributed by atoms with Crippen LogP contribution in [0, 0.1) is 0 Å². The highest BCUT2D eigenvalue weighted by Gasteiger charge is 2.56. The Morgan fingerprint density at radius 3 is 2.00 bits per heavy atom. The van der Waals surface area contributed by atoms with Gasteiger partial charge in [0.05, 0.1) is 11.5 Å². The molecular weight excluding hydrogens is 330 g/mol. The fourth-order valence-electron chi connectivity index (χ4n) is 2.15. The first-order valence-electron chi connectivity index (χ1n) is 7.21. The minimum absolute atomic E-state index is 0.00700. The number of carbonyl (C=O) groups is 2. The number of ketones is 1. The Labute approximate surface area is 140 Å². The maximum atomic E-state index is 12.9. The monoisotopic (exact) mass is 347 g/mol. The third-order valence-electron chi connectivity index (χ3n) is 3.43. The van der Waals surface area contributed by atoms with E-state index in [1.54, 1.807) is 24.3 Å². The van der Waals surface area contributed by atoms with Gasteiger partial charge in [-0.25, -0.2) is 13.2 Å². The van der Waals surface area contributed by atoms with E-state index >= 15 is 0 Å². The van der Waals surface area contributed by atoms with Crippen molar-refractivity contribution in [1.29, 1.82) is 0 Å². The molecule has 2 N–H and O–H groups in total. The summed E-state index contributed by atoms with van der Waals surface area (Å²) in [5.41, 5.74) is 5.91. The number of benzene rings is 2. The zero-order valence-electron chi connectivity index (χ0n) is 13.0. The van der Waals surface area contributed by atoms with E-state index in [1.165, 1.54) is 43.3 Å². The molecule has 0 aliphatic heterocycles. The molecule has 0 saturated heterocycles. The number of esters is 1. The molecule has 0 saturated carbocycles. The van der Waals surface area contributed by atoms with Gasteiger partial charge in [0.1, 0.15) is 0 Å². The van der Waals surface area contributed by atoms with Gasteiger partial charge in [0.25, 0.3) is 4.87 Å². The van der Waals surface area contributed by atoms with E-state index in [0.29, 0.717) is 0 Å². The molecular formula is C17H17NO5S. The predicted octanol–water partition coefficient (Wildman–Crippen LogP) is 1.56. The highest BCUT2D eigenvalue weighted by Crippen LogP contribution is 2.27. The first-order valence-corrected chi connectivity index (χ1v) is 8.69. The van der Waals surface area contributed by atoms with Crippen molar-refractivity contribution in [3.05, 3.63) is 66.2 Å². The minimum atomic E-state index is -4.52. The SMILES string of the molecule is CCOC(=O)C(N)(C(=O)c1ccccc1)S(=O)(=O)c1ccccc1. The second-order valence-corrected chi connectivity index (χ2v) is 7.09. The highest BCUT2D eigenvalue weighted by atomic mass is 32.2. The second-order valence-electron chi connectivity index (χ2n) is 4.97. The summed E-state index contributed by atoms with van der Waals surface area (Å²) < 4.78 is 30.7. The van der Waals surface area contributed by atoms with Crippen LogP contribution < -0.4 is 5.73 Å². The normalized spacial score (nSPS) is 13.8. The van der Waals surface area contributed by atoms with Crippen LogP contribution in [-0.2, 0) is 19.4 Å². The molecule has 2 rings (SSSR count). The zero-order chi connectivity index (χ0) is 17.8. The molecule has 1 unspecified atom stereocenters. The van der Waals surface area contributed by atoms with E-state index in [-0.39, 0.29) is 17.1 Å². The van der Waals surface area contributed by atoms with E-state index in [4.69, 9.17) is 10.5 Å². The summed E-state index contributed by atoms with van der Waals surface area (Å²) >= 11 is 0. The van der Waals surface area contributed by atoms with Gasteiger partial charge in [-0.2, -0.15) is 0 Å². The first-order chi connectivity index (χ1) is 11.4. The third kappa shape index (κ3) is 2.95. The van der Waals surface area contributed by atoms with Gasteiger partial charge in [-0.05, 0) is 19.1 Å². The van der Waals surface area contributed by atoms with Crippen molar-refractivity contribution in [2.75, 3.05) is 6.61 Å². The van der Waals surface area contributed by atoms with Crippen LogP contribution in [-0.4, -0.2) is 31.6 Å². The molecule has 0 aliphatic carbocycles. The summed E-state index contributed by atoms with van der Waals surface area (Å²) in [6, 6.07) is 14.7. The molecule has 2 aromatic rings. The van der Waals surface area contributed by atoms with E-state index in [2.05, 4.69) is 0 Å². The molecule has 0 aromatic heterocycles. The fraction of sp³-hybridized carbons (Fsp3) is 0.176. The summed E-state index contributed by atoms with van der Waals surface area (Å²) in [4.78, 5) is 22.1. The van der Waals surface area contributed by atoms with Crippen LogP contribution in [0.5, 0.6) is 0 Å². The third-order valence-corrected chi connectivity index (χ3v) is 5.52. The van der Waals surface area contributed by atoms with Crippen LogP contribution in [0.2, 0.25) is 0 Å². The predicted molar refractivity (Wildman–Crippen MR) is 88.0 cm³/mol. The quantitative estimate of drug-likeness (QED) is 0.483. The Kier molecular flexibility index (Phi) is 5.16. The summed E-state index contributed by atoms with van der Waals surface area (Å²) in [6.45, 7) is 1.39. The van der Waals surface area contributed by atoms with E-state index < -0.39 is 26.5 Å². The molecule has 0 bridgehead atoms. The molecule has 7 heteroatoms. The molecule has 24 heavy (non-hydrogen) atoms. The molecule has 0 aliphatic rings. The van der Waals surface area contributed by atoms with Gasteiger partial charge in [-0.1, -0.05) is 48.5 Å². The lowest BCUT2D eigenvalue weighted by molar-refractivity contribution is -0.144. The Morgan fingerprint density at radius 2 is 1.50 bits per heavy atom. The average molecular weight is 347 g/mol. The smallest absolute Gasteiger partial charge is 0.350 e. The Bertz CT molecular complexity index is 834. The molecule has 0 fully saturated rings. The summed E-state index contributed by atoms with van der Waals surface area (Å²) in [5, 5.41) is 0. The van der Waals surface area contributed by atoms with Crippen LogP contribution in [0.15, 0.2) is 65.6 Å². The summed E-state index contributed by atoms with van der Waals surface area (Å²) in [6.07, 6.45) is 0. The summed E-state index contributed by atoms with van der Waals surface area (Å²) in [5.74, 6) is -2.34. The van der Waals surface area contributed by atoms with Crippen LogP contribution in [0.4, 0.5) is 0 Å². The van der Waals surface area contributed by atoms with Crippen LogP contribution in [0.25, 0.3) is 0 Å². The molecule has 6 nitrogen and oxygen atoms in total. The van der Waals surface area contributed by atoms with Crippen molar-refractivity contribution < 1.29 is 22.7 Å². The maximum absolute atomic E-state index is 12.9. The lowest BCUT2D eigenvalue weighted by atomic mass is 10.0. The Hall–Kier alpha value is -2.51. The van der Waals surface area contributed by atoms with Crippen molar-refractivity contribution in [1.82, 2.24) is 0 Å². The standard InChI is InChI=1S/C17H17NO5S/c1-2-23-16(20)17(18,15(19)13-9-5-3-6-10-13)24(21,22)14-11-7-4-8-12-14/h3-12H,2,18H2,1H3. The maximum Gasteiger partial charge on any atom is 0.350 e. The molecule has 0 heterocycles. The van der Waals surface area contributed by atoms with Gasteiger partial charge in [0.15, 0.2) is 0 Å². The number of carbonyl (C=O) groups excluding carboxylic acids is 2. The Morgan fingerprint density at radius 1 is 1.00 bits per heavy atom. The van der Waals surface area contributed by atoms with Gasteiger partial charge >= 0.3 is 5.97 Å². The molecule has 2 aromatic carbocycles. The van der Waals surface area contributed by atoms with Crippen molar-refractivity contribution in [3.63, 3.8) is 0 Å². The second kappa shape index (κ2) is 6.94. The topological polar surface area (TPSA) is 104 Å². The number of rotatable bonds is 6. The number of Topliss-reactive ketones (excluding diaryl/α,β-unsaturated/α-hetero) is 1. The molecule has 0 amide bonds. The van der Waals surface area contributed by atoms with E-state index in [1.807, 2.05) is 0 Å². The van der Waals surface area contributed by atoms with Crippen molar-refractivity contribution in [2.45, 2.75) is 16.7 Å². The van der Waals surface area contributed by atoms with Crippen LogP contribution in [0.1, 0.15) is 17.3 Å².